The van der Waals surface area contributed by atoms with Gasteiger partial charge >= 0.3 is 0 Å². The van der Waals surface area contributed by atoms with Gasteiger partial charge in [0, 0.05) is 19.3 Å². The molecule has 0 aliphatic rings. The first-order valence-corrected chi connectivity index (χ1v) is 6.40. The van der Waals surface area contributed by atoms with Gasteiger partial charge in [-0.1, -0.05) is 0 Å². The highest BCUT2D eigenvalue weighted by Crippen LogP contribution is 1.97. The number of nitrogens with one attached hydrogen (secondary N) is 1. The van der Waals surface area contributed by atoms with Crippen molar-refractivity contribution >= 4 is 15.9 Å². The molecule has 0 radical (unpaired) electrons. The Morgan fingerprint density at radius 3 is 2.88 bits per heavy atom. The molecule has 0 atom stereocenters. The maximum atomic E-state index is 11.4. The summed E-state index contributed by atoms with van der Waals surface area (Å²) in [6.45, 7) is 2.40. The molecule has 3 N–H and O–H groups in total. The van der Waals surface area contributed by atoms with Crippen molar-refractivity contribution in [1.29, 1.82) is 0 Å². The summed E-state index contributed by atoms with van der Waals surface area (Å²) < 4.78 is 25.8. The molecular formula is C8H14N4O3S. The Labute approximate surface area is 93.7 Å². The second kappa shape index (κ2) is 5.08. The summed E-state index contributed by atoms with van der Waals surface area (Å²) in [5.41, 5.74) is 5.38. The van der Waals surface area contributed by atoms with Gasteiger partial charge in [-0.15, -0.1) is 0 Å². The van der Waals surface area contributed by atoms with Crippen LogP contribution in [0.3, 0.4) is 0 Å². The fraction of sp³-hybridized carbons (Fsp3) is 0.500. The summed E-state index contributed by atoms with van der Waals surface area (Å²) in [7, 11) is -3.54. The standard InChI is InChI=1S/C8H14N4O3S/c1-2-16(14,15)11-8(13)7-5-12(4-3-9)6-10-7/h5-6H,2-4,9H2,1H3,(H,11,13). The molecule has 1 aromatic rings. The average Bonchev–Trinajstić information content (AvgIpc) is 2.66. The van der Waals surface area contributed by atoms with E-state index >= 15 is 0 Å². The molecule has 8 heteroatoms. The highest BCUT2D eigenvalue weighted by molar-refractivity contribution is 7.90. The Morgan fingerprint density at radius 2 is 2.31 bits per heavy atom. The quantitative estimate of drug-likeness (QED) is 0.687. The van der Waals surface area contributed by atoms with E-state index in [0.29, 0.717) is 13.1 Å². The zero-order valence-electron chi connectivity index (χ0n) is 8.88. The van der Waals surface area contributed by atoms with Gasteiger partial charge in [0.2, 0.25) is 10.0 Å². The fourth-order valence-electron chi connectivity index (χ4n) is 1.01. The van der Waals surface area contributed by atoms with E-state index < -0.39 is 15.9 Å². The van der Waals surface area contributed by atoms with Crippen molar-refractivity contribution in [2.24, 2.45) is 5.73 Å². The molecule has 0 aliphatic carbocycles. The Morgan fingerprint density at radius 1 is 1.62 bits per heavy atom. The van der Waals surface area contributed by atoms with Gasteiger partial charge in [-0.25, -0.2) is 18.1 Å². The minimum atomic E-state index is -3.54. The predicted octanol–water partition coefficient (Wildman–Crippen LogP) is -1.08. The van der Waals surface area contributed by atoms with Crippen molar-refractivity contribution in [2.45, 2.75) is 13.5 Å². The number of rotatable bonds is 5. The number of sulfonamides is 1. The van der Waals surface area contributed by atoms with E-state index in [4.69, 9.17) is 5.73 Å². The lowest BCUT2D eigenvalue weighted by atomic mass is 10.5. The van der Waals surface area contributed by atoms with Gasteiger partial charge in [0.1, 0.15) is 5.69 Å². The summed E-state index contributed by atoms with van der Waals surface area (Å²) in [4.78, 5) is 15.2. The van der Waals surface area contributed by atoms with E-state index in [2.05, 4.69) is 4.98 Å². The van der Waals surface area contributed by atoms with Gasteiger partial charge in [0.15, 0.2) is 0 Å². The molecule has 1 aromatic heterocycles. The lowest BCUT2D eigenvalue weighted by Crippen LogP contribution is -2.32. The molecule has 1 amide bonds. The molecule has 0 bridgehead atoms. The molecule has 0 fully saturated rings. The third-order valence-corrected chi connectivity index (χ3v) is 3.14. The van der Waals surface area contributed by atoms with Crippen molar-refractivity contribution in [3.05, 3.63) is 18.2 Å². The zero-order valence-corrected chi connectivity index (χ0v) is 9.70. The van der Waals surface area contributed by atoms with E-state index in [-0.39, 0.29) is 11.4 Å². The van der Waals surface area contributed by atoms with E-state index in [1.165, 1.54) is 19.4 Å². The van der Waals surface area contributed by atoms with Crippen molar-refractivity contribution < 1.29 is 13.2 Å². The number of nitrogens with two attached hydrogens (primary N) is 1. The van der Waals surface area contributed by atoms with Crippen LogP contribution in [-0.2, 0) is 16.6 Å². The molecule has 0 saturated carbocycles. The summed E-state index contributed by atoms with van der Waals surface area (Å²) in [5.74, 6) is -0.875. The van der Waals surface area contributed by atoms with Gasteiger partial charge in [-0.2, -0.15) is 0 Å². The average molecular weight is 246 g/mol. The summed E-state index contributed by atoms with van der Waals surface area (Å²) >= 11 is 0. The minimum absolute atomic E-state index is 0.0606. The van der Waals surface area contributed by atoms with Gasteiger partial charge in [0.25, 0.3) is 5.91 Å². The van der Waals surface area contributed by atoms with Crippen LogP contribution in [0, 0.1) is 0 Å². The Balaban J connectivity index is 2.73. The van der Waals surface area contributed by atoms with Crippen LogP contribution in [0.1, 0.15) is 17.4 Å². The van der Waals surface area contributed by atoms with Crippen LogP contribution >= 0.6 is 0 Å². The number of aromatic nitrogens is 2. The summed E-state index contributed by atoms with van der Waals surface area (Å²) in [6, 6.07) is 0. The Kier molecular flexibility index (Phi) is 4.02. The monoisotopic (exact) mass is 246 g/mol. The van der Waals surface area contributed by atoms with Crippen molar-refractivity contribution in [2.75, 3.05) is 12.3 Å². The predicted molar refractivity (Wildman–Crippen MR) is 58.2 cm³/mol. The van der Waals surface area contributed by atoms with Crippen LogP contribution in [-0.4, -0.2) is 36.2 Å². The molecule has 7 nitrogen and oxygen atoms in total. The SMILES string of the molecule is CCS(=O)(=O)NC(=O)c1cn(CCN)cn1. The van der Waals surface area contributed by atoms with Gasteiger partial charge in [-0.3, -0.25) is 4.79 Å². The molecule has 0 spiro atoms. The van der Waals surface area contributed by atoms with Crippen LogP contribution in [0.25, 0.3) is 0 Å². The second-order valence-corrected chi connectivity index (χ2v) is 5.13. The van der Waals surface area contributed by atoms with E-state index in [1.54, 1.807) is 4.57 Å². The molecule has 0 aromatic carbocycles. The maximum Gasteiger partial charge on any atom is 0.284 e. The first-order chi connectivity index (χ1) is 7.48. The molecule has 1 rings (SSSR count). The molecule has 0 saturated heterocycles. The van der Waals surface area contributed by atoms with E-state index in [1.807, 2.05) is 4.72 Å². The van der Waals surface area contributed by atoms with Gasteiger partial charge in [-0.05, 0) is 6.92 Å². The molecule has 0 unspecified atom stereocenters. The lowest BCUT2D eigenvalue weighted by molar-refractivity contribution is 0.0977. The number of imidazole rings is 1. The van der Waals surface area contributed by atoms with E-state index in [9.17, 15) is 13.2 Å². The van der Waals surface area contributed by atoms with Crippen LogP contribution in [0.4, 0.5) is 0 Å². The van der Waals surface area contributed by atoms with Gasteiger partial charge < -0.3 is 10.3 Å². The third-order valence-electron chi connectivity index (χ3n) is 1.88. The largest absolute Gasteiger partial charge is 0.335 e. The molecule has 0 aliphatic heterocycles. The van der Waals surface area contributed by atoms with Crippen LogP contribution in [0.15, 0.2) is 12.5 Å². The maximum absolute atomic E-state index is 11.4. The van der Waals surface area contributed by atoms with Crippen molar-refractivity contribution in [3.63, 3.8) is 0 Å². The smallest absolute Gasteiger partial charge is 0.284 e. The van der Waals surface area contributed by atoms with Crippen LogP contribution in [0.5, 0.6) is 0 Å². The molecule has 16 heavy (non-hydrogen) atoms. The van der Waals surface area contributed by atoms with Crippen molar-refractivity contribution in [1.82, 2.24) is 14.3 Å². The van der Waals surface area contributed by atoms with Crippen LogP contribution in [0.2, 0.25) is 0 Å². The number of nitrogens with zero attached hydrogens (tertiary/aromatic N) is 2. The van der Waals surface area contributed by atoms with Gasteiger partial charge in [0.05, 0.1) is 12.1 Å². The molecular weight excluding hydrogens is 232 g/mol. The number of hydrogen-bond donors (Lipinski definition) is 2. The topological polar surface area (TPSA) is 107 Å². The first-order valence-electron chi connectivity index (χ1n) is 4.75. The van der Waals surface area contributed by atoms with E-state index in [0.717, 1.165) is 0 Å². The third kappa shape index (κ3) is 3.31. The Hall–Kier alpha value is -1.41. The molecule has 1 heterocycles. The first kappa shape index (κ1) is 12.7. The zero-order chi connectivity index (χ0) is 12.2. The molecule has 90 valence electrons. The number of carbonyl (C=O) groups is 1. The number of hydrogen-bond acceptors (Lipinski definition) is 5. The lowest BCUT2D eigenvalue weighted by Gasteiger charge is -2.01. The highest BCUT2D eigenvalue weighted by Gasteiger charge is 2.15. The van der Waals surface area contributed by atoms with Crippen LogP contribution < -0.4 is 10.5 Å². The normalized spacial score (nSPS) is 11.4. The summed E-state index contributed by atoms with van der Waals surface area (Å²) in [6.07, 6.45) is 2.88. The number of amides is 1. The minimum Gasteiger partial charge on any atom is -0.335 e. The fourth-order valence-corrected chi connectivity index (χ4v) is 1.55. The number of carbonyl (C=O) groups excluding carboxylic acids is 1. The van der Waals surface area contributed by atoms with Crippen molar-refractivity contribution in [3.8, 4) is 0 Å². The summed E-state index contributed by atoms with van der Waals surface area (Å²) in [5, 5.41) is 0. The second-order valence-electron chi connectivity index (χ2n) is 3.12. The Bertz CT molecular complexity index is 465. The highest BCUT2D eigenvalue weighted by atomic mass is 32.2.